The monoisotopic (exact) mass is 1350 g/mol. The second kappa shape index (κ2) is 31.9. The van der Waals surface area contributed by atoms with Gasteiger partial charge in [-0.25, -0.2) is 9.18 Å². The molecule has 0 saturated carbocycles. The molecule has 3 heterocycles. The fourth-order valence-electron chi connectivity index (χ4n) is 13.7. The van der Waals surface area contributed by atoms with Gasteiger partial charge in [0.25, 0.3) is 11.8 Å². The maximum Gasteiger partial charge on any atom is 0.416 e. The summed E-state index contributed by atoms with van der Waals surface area (Å²) in [6, 6.07) is 39.3. The Labute approximate surface area is 562 Å². The first-order valence-corrected chi connectivity index (χ1v) is 33.3. The highest BCUT2D eigenvalue weighted by Crippen LogP contribution is 2.48. The number of amides is 5. The van der Waals surface area contributed by atoms with Gasteiger partial charge in [-0.3, -0.25) is 24.5 Å². The highest BCUT2D eigenvalue weighted by Gasteiger charge is 2.50. The third-order valence-electron chi connectivity index (χ3n) is 19.5. The molecule has 2 N–H and O–H groups in total. The van der Waals surface area contributed by atoms with E-state index in [4.69, 9.17) is 14.2 Å². The van der Waals surface area contributed by atoms with E-state index in [1.165, 1.54) is 24.3 Å². The Balaban J connectivity index is 0.604. The van der Waals surface area contributed by atoms with Crippen LogP contribution >= 0.6 is 0 Å². The lowest BCUT2D eigenvalue weighted by Gasteiger charge is -2.44. The van der Waals surface area contributed by atoms with E-state index in [2.05, 4.69) is 32.6 Å². The molecule has 97 heavy (non-hydrogen) atoms. The minimum Gasteiger partial charge on any atom is -0.446 e. The molecule has 6 aromatic carbocycles. The van der Waals surface area contributed by atoms with E-state index < -0.39 is 64.6 Å². The summed E-state index contributed by atoms with van der Waals surface area (Å²) >= 11 is 0. The summed E-state index contributed by atoms with van der Waals surface area (Å²) < 4.78 is 116. The normalized spacial score (nSPS) is 18.2. The molecule has 3 fully saturated rings. The van der Waals surface area contributed by atoms with Gasteiger partial charge in [-0.15, -0.1) is 0 Å². The van der Waals surface area contributed by atoms with Gasteiger partial charge in [-0.05, 0) is 154 Å². The second-order valence-electron chi connectivity index (χ2n) is 26.0. The molecule has 6 aromatic rings. The van der Waals surface area contributed by atoms with Gasteiger partial charge in [0, 0.05) is 108 Å². The summed E-state index contributed by atoms with van der Waals surface area (Å²) in [7, 11) is 5.30. The third kappa shape index (κ3) is 18.2. The third-order valence-corrected chi connectivity index (χ3v) is 19.5. The number of likely N-dealkylation sites (tertiary alicyclic amines) is 2. The summed E-state index contributed by atoms with van der Waals surface area (Å²) in [6.07, 6.45) is -4.02. The molecule has 2 atom stereocenters. The number of alkyl halides is 6. The molecule has 4 aliphatic rings. The molecule has 0 unspecified atom stereocenters. The van der Waals surface area contributed by atoms with Crippen LogP contribution in [0.2, 0.25) is 0 Å². The lowest BCUT2D eigenvalue weighted by molar-refractivity contribution is -0.143. The van der Waals surface area contributed by atoms with Crippen LogP contribution in [0.1, 0.15) is 113 Å². The number of halogens is 7. The van der Waals surface area contributed by atoms with Crippen LogP contribution in [0.25, 0.3) is 11.1 Å². The fourth-order valence-corrected chi connectivity index (χ4v) is 13.7. The number of nitrogens with zero attached hydrogens (tertiary/aromatic N) is 6. The lowest BCUT2D eigenvalue weighted by Crippen LogP contribution is -2.50. The van der Waals surface area contributed by atoms with Gasteiger partial charge >= 0.3 is 18.4 Å². The smallest absolute Gasteiger partial charge is 0.416 e. The molecule has 1 spiro atoms. The number of piperidine rings is 2. The van der Waals surface area contributed by atoms with E-state index in [1.54, 1.807) is 40.9 Å². The molecule has 23 heteroatoms. The van der Waals surface area contributed by atoms with Crippen LogP contribution in [-0.4, -0.2) is 178 Å². The highest BCUT2D eigenvalue weighted by molar-refractivity contribution is 5.95. The first-order chi connectivity index (χ1) is 46.5. The number of rotatable bonds is 26. The zero-order valence-electron chi connectivity index (χ0n) is 55.1. The summed E-state index contributed by atoms with van der Waals surface area (Å²) in [5.41, 5.74) is 1.18. The number of benzene rings is 6. The Morgan fingerprint density at radius 1 is 0.649 bits per heavy atom. The molecule has 0 radical (unpaired) electrons. The number of hydrogen-bond donors (Lipinski definition) is 2. The predicted molar refractivity (Wildman–Crippen MR) is 355 cm³/mol. The molecule has 0 bridgehead atoms. The van der Waals surface area contributed by atoms with Crippen molar-refractivity contribution in [3.63, 3.8) is 0 Å². The Morgan fingerprint density at radius 3 is 1.99 bits per heavy atom. The van der Waals surface area contributed by atoms with Gasteiger partial charge in [-0.2, -0.15) is 26.3 Å². The number of fused-ring (bicyclic) bond motifs is 2. The van der Waals surface area contributed by atoms with Crippen LogP contribution < -0.4 is 10.6 Å². The van der Waals surface area contributed by atoms with E-state index >= 15 is 0 Å². The lowest BCUT2D eigenvalue weighted by atomic mass is 9.72. The molecule has 518 valence electrons. The summed E-state index contributed by atoms with van der Waals surface area (Å²) in [5.74, 6) is -1.82. The molecule has 3 aliphatic heterocycles. The average Bonchev–Trinajstić information content (AvgIpc) is 1.61. The van der Waals surface area contributed by atoms with E-state index in [0.717, 1.165) is 84.6 Å². The number of carbonyl (C=O) groups excluding carboxylic acids is 5. The first-order valence-electron chi connectivity index (χ1n) is 33.3. The van der Waals surface area contributed by atoms with Crippen LogP contribution in [0.4, 0.5) is 46.9 Å². The van der Waals surface area contributed by atoms with Gasteiger partial charge in [-0.1, -0.05) is 91.3 Å². The quantitative estimate of drug-likeness (QED) is 0.0394. The van der Waals surface area contributed by atoms with Crippen LogP contribution in [0.5, 0.6) is 0 Å². The summed E-state index contributed by atoms with van der Waals surface area (Å²) in [4.78, 5) is 77.4. The first kappa shape index (κ1) is 71.4. The zero-order chi connectivity index (χ0) is 68.9. The number of carbonyl (C=O) groups is 5. The molecule has 16 nitrogen and oxygen atoms in total. The molecule has 0 aromatic heterocycles. The van der Waals surface area contributed by atoms with E-state index in [1.807, 2.05) is 85.9 Å². The van der Waals surface area contributed by atoms with Crippen molar-refractivity contribution < 1.29 is 68.9 Å². The largest absolute Gasteiger partial charge is 0.446 e. The summed E-state index contributed by atoms with van der Waals surface area (Å²) in [5, 5.41) is 6.35. The number of ether oxygens (including phenoxy) is 3. The van der Waals surface area contributed by atoms with Crippen molar-refractivity contribution in [2.45, 2.75) is 106 Å². The Kier molecular flexibility index (Phi) is 23.5. The van der Waals surface area contributed by atoms with E-state index in [9.17, 15) is 54.7 Å². The van der Waals surface area contributed by atoms with Crippen molar-refractivity contribution in [2.24, 2.45) is 0 Å². The topological polar surface area (TPSA) is 157 Å². The molecule has 10 rings (SSSR count). The molecule has 3 saturated heterocycles. The van der Waals surface area contributed by atoms with Crippen molar-refractivity contribution in [1.82, 2.24) is 29.4 Å². The number of unbranched alkanes of at least 4 members (excludes halogenated alkanes) is 2. The number of para-hydroxylation sites is 1. The Hall–Kier alpha value is -8.38. The van der Waals surface area contributed by atoms with Crippen molar-refractivity contribution in [3.8, 4) is 11.1 Å². The maximum atomic E-state index is 14.2. The molecule has 1 aliphatic carbocycles. The second-order valence-corrected chi connectivity index (χ2v) is 26.0. The maximum absolute atomic E-state index is 14.2. The fraction of sp³-hybridized carbons (Fsp3) is 0.446. The van der Waals surface area contributed by atoms with Crippen molar-refractivity contribution in [2.75, 3.05) is 117 Å². The van der Waals surface area contributed by atoms with Crippen molar-refractivity contribution in [1.29, 1.82) is 0 Å². The van der Waals surface area contributed by atoms with Crippen molar-refractivity contribution >= 4 is 41.1 Å². The number of anilines is 2. The number of likely N-dealkylation sites (N-methyl/N-ethyl adjacent to an activating group) is 2. The van der Waals surface area contributed by atoms with Gasteiger partial charge in [0.2, 0.25) is 11.8 Å². The molecular weight excluding hydrogens is 1260 g/mol. The van der Waals surface area contributed by atoms with E-state index in [-0.39, 0.29) is 55.6 Å². The summed E-state index contributed by atoms with van der Waals surface area (Å²) in [6.45, 7) is 5.32. The Bertz CT molecular complexity index is 3630. The molecule has 5 amide bonds. The zero-order valence-corrected chi connectivity index (χ0v) is 55.1. The number of hydrogen-bond acceptors (Lipinski definition) is 11. The van der Waals surface area contributed by atoms with E-state index in [0.29, 0.717) is 107 Å². The average molecular weight is 1350 g/mol. The number of nitrogens with one attached hydrogen (secondary N) is 2. The SMILES string of the molecule is CN(CCN1CCC(OC(=O)Nc2ccccc2-c2ccccc2)CC1)C(=O)CCCCCNc1ccc(C(=O)N(C)CCCN(C)C(=O)CO[C@H]2Cc3ccccc3C23CCN(CC[C@]2(c4ccc(F)cc4)CN(C(=O)c4cc(C(F)(F)F)cc(C(F)(F)F)c4)CO2)CC3)cc1. The van der Waals surface area contributed by atoms with Crippen molar-refractivity contribution in [3.05, 3.63) is 190 Å². The van der Waals surface area contributed by atoms with Crippen LogP contribution in [0.15, 0.2) is 146 Å². The van der Waals surface area contributed by atoms with Crippen LogP contribution in [0.3, 0.4) is 0 Å². The Morgan fingerprint density at radius 2 is 1.29 bits per heavy atom. The van der Waals surface area contributed by atoms with Gasteiger partial charge < -0.3 is 48.9 Å². The van der Waals surface area contributed by atoms with Crippen LogP contribution in [0, 0.1) is 5.82 Å². The highest BCUT2D eigenvalue weighted by atomic mass is 19.4. The van der Waals surface area contributed by atoms with Gasteiger partial charge in [0.05, 0.1) is 29.5 Å². The molecular formula is C74H85F7N8O8. The standard InChI is InChI=1S/C74H85F7N8O8/c1-84(36-14-37-86(3)68(92)53-22-28-60(29-23-53)82-35-13-5-8-21-66(90)85(2)43-44-87-38-30-61(31-39-87)97-70(94)83-64-20-12-10-18-62(64)52-15-6-4-7-16-52)67(91)49-95-65-47-54-17-9-11-19-63(54)71(65)32-40-88(41-33-71)42-34-72(56-24-26-59(75)27-25-56)50-89(51-96-72)69(93)55-45-57(73(76,77)78)48-58(46-55)74(79,80)81/h4,6-7,9-12,15-20,22-29,45-46,48,61,65,82H,5,8,13-14,21,30-44,47,49-51H2,1-3H3,(H,83,94)/t65-,72+/m0/s1. The minimum absolute atomic E-state index is 0.0285. The predicted octanol–water partition coefficient (Wildman–Crippen LogP) is 13.0. The van der Waals surface area contributed by atoms with Gasteiger partial charge in [0.1, 0.15) is 30.9 Å². The van der Waals surface area contributed by atoms with Crippen LogP contribution in [-0.2, 0) is 53.6 Å². The minimum atomic E-state index is -5.15. The van der Waals surface area contributed by atoms with Gasteiger partial charge in [0.15, 0.2) is 0 Å².